The minimum Gasteiger partial charge on any atom is -0.381 e. The molecule has 0 spiro atoms. The van der Waals surface area contributed by atoms with Crippen LogP contribution in [0.25, 0.3) is 0 Å². The van der Waals surface area contributed by atoms with Gasteiger partial charge in [0.15, 0.2) is 0 Å². The minimum absolute atomic E-state index is 0.736. The van der Waals surface area contributed by atoms with E-state index in [4.69, 9.17) is 4.74 Å². The molecular formula is C11H21NO. The lowest BCUT2D eigenvalue weighted by molar-refractivity contribution is 0.174. The smallest absolute Gasteiger partial charge is 0.0510 e. The molecule has 0 aromatic rings. The molecule has 13 heavy (non-hydrogen) atoms. The van der Waals surface area contributed by atoms with Gasteiger partial charge in [0.2, 0.25) is 0 Å². The van der Waals surface area contributed by atoms with Crippen molar-refractivity contribution in [2.75, 3.05) is 19.8 Å². The van der Waals surface area contributed by atoms with Gasteiger partial charge in [-0.1, -0.05) is 19.8 Å². The van der Waals surface area contributed by atoms with E-state index in [-0.39, 0.29) is 0 Å². The van der Waals surface area contributed by atoms with E-state index >= 15 is 0 Å². The Labute approximate surface area is 81.0 Å². The van der Waals surface area contributed by atoms with Crippen LogP contribution in [0.15, 0.2) is 0 Å². The Hall–Kier alpha value is -0.0800. The van der Waals surface area contributed by atoms with Crippen molar-refractivity contribution in [2.24, 2.45) is 11.8 Å². The van der Waals surface area contributed by atoms with Gasteiger partial charge in [-0.25, -0.2) is 0 Å². The molecule has 1 aliphatic heterocycles. The van der Waals surface area contributed by atoms with Gasteiger partial charge < -0.3 is 10.1 Å². The van der Waals surface area contributed by atoms with E-state index in [1.54, 1.807) is 0 Å². The zero-order chi connectivity index (χ0) is 9.10. The third kappa shape index (κ3) is 2.68. The lowest BCUT2D eigenvalue weighted by atomic mass is 9.94. The Balaban J connectivity index is 1.79. The SMILES string of the molecule is CCNC(CC1CC1)C1CCOC1. The molecule has 1 saturated heterocycles. The first-order valence-electron chi connectivity index (χ1n) is 5.71. The second-order valence-electron chi connectivity index (χ2n) is 4.47. The second-order valence-corrected chi connectivity index (χ2v) is 4.47. The number of nitrogens with one attached hydrogen (secondary N) is 1. The fourth-order valence-corrected chi connectivity index (χ4v) is 2.29. The minimum atomic E-state index is 0.736. The Bertz CT molecular complexity index is 150. The van der Waals surface area contributed by atoms with Gasteiger partial charge in [-0.2, -0.15) is 0 Å². The maximum absolute atomic E-state index is 5.45. The third-order valence-corrected chi connectivity index (χ3v) is 3.28. The molecule has 0 amide bonds. The summed E-state index contributed by atoms with van der Waals surface area (Å²) in [6, 6.07) is 0.736. The summed E-state index contributed by atoms with van der Waals surface area (Å²) in [5.41, 5.74) is 0. The lowest BCUT2D eigenvalue weighted by Gasteiger charge is -2.23. The third-order valence-electron chi connectivity index (χ3n) is 3.28. The zero-order valence-electron chi connectivity index (χ0n) is 8.59. The highest BCUT2D eigenvalue weighted by molar-refractivity contribution is 4.85. The first kappa shape index (κ1) is 9.47. The summed E-state index contributed by atoms with van der Waals surface area (Å²) >= 11 is 0. The van der Waals surface area contributed by atoms with E-state index in [2.05, 4.69) is 12.2 Å². The standard InChI is InChI=1S/C11H21NO/c1-2-12-11(7-9-3-4-9)10-5-6-13-8-10/h9-12H,2-8H2,1H3. The van der Waals surface area contributed by atoms with Crippen molar-refractivity contribution in [3.05, 3.63) is 0 Å². The van der Waals surface area contributed by atoms with Gasteiger partial charge >= 0.3 is 0 Å². The summed E-state index contributed by atoms with van der Waals surface area (Å²) in [5, 5.41) is 3.62. The molecule has 2 atom stereocenters. The van der Waals surface area contributed by atoms with Crippen molar-refractivity contribution in [3.63, 3.8) is 0 Å². The average Bonchev–Trinajstić information content (AvgIpc) is 2.80. The van der Waals surface area contributed by atoms with Gasteiger partial charge in [0.25, 0.3) is 0 Å². The molecule has 2 aliphatic rings. The molecule has 2 unspecified atom stereocenters. The highest BCUT2D eigenvalue weighted by atomic mass is 16.5. The molecule has 2 nitrogen and oxygen atoms in total. The molecule has 1 saturated carbocycles. The van der Waals surface area contributed by atoms with Gasteiger partial charge in [-0.15, -0.1) is 0 Å². The molecular weight excluding hydrogens is 162 g/mol. The Morgan fingerprint density at radius 2 is 2.23 bits per heavy atom. The van der Waals surface area contributed by atoms with E-state index in [0.29, 0.717) is 0 Å². The predicted octanol–water partition coefficient (Wildman–Crippen LogP) is 1.80. The maximum Gasteiger partial charge on any atom is 0.0510 e. The van der Waals surface area contributed by atoms with Crippen molar-refractivity contribution >= 4 is 0 Å². The number of rotatable bonds is 5. The van der Waals surface area contributed by atoms with Crippen LogP contribution in [0.2, 0.25) is 0 Å². The highest BCUT2D eigenvalue weighted by Gasteiger charge is 2.31. The van der Waals surface area contributed by atoms with Crippen LogP contribution < -0.4 is 5.32 Å². The lowest BCUT2D eigenvalue weighted by Crippen LogP contribution is -2.36. The van der Waals surface area contributed by atoms with E-state index in [1.165, 1.54) is 25.7 Å². The fraction of sp³-hybridized carbons (Fsp3) is 1.00. The molecule has 0 aromatic heterocycles. The van der Waals surface area contributed by atoms with Gasteiger partial charge in [-0.3, -0.25) is 0 Å². The molecule has 1 N–H and O–H groups in total. The van der Waals surface area contributed by atoms with Crippen molar-refractivity contribution in [3.8, 4) is 0 Å². The molecule has 1 heterocycles. The van der Waals surface area contributed by atoms with Crippen molar-refractivity contribution in [1.29, 1.82) is 0 Å². The molecule has 76 valence electrons. The van der Waals surface area contributed by atoms with Crippen molar-refractivity contribution < 1.29 is 4.74 Å². The van der Waals surface area contributed by atoms with E-state index in [0.717, 1.165) is 37.6 Å². The molecule has 2 rings (SSSR count). The van der Waals surface area contributed by atoms with Crippen LogP contribution in [-0.2, 0) is 4.74 Å². The Morgan fingerprint density at radius 3 is 2.77 bits per heavy atom. The second kappa shape index (κ2) is 4.43. The number of hydrogen-bond donors (Lipinski definition) is 1. The van der Waals surface area contributed by atoms with Gasteiger partial charge in [0, 0.05) is 12.6 Å². The summed E-state index contributed by atoms with van der Waals surface area (Å²) in [6.07, 6.45) is 5.59. The predicted molar refractivity (Wildman–Crippen MR) is 53.7 cm³/mol. The van der Waals surface area contributed by atoms with Crippen LogP contribution in [0.4, 0.5) is 0 Å². The van der Waals surface area contributed by atoms with Gasteiger partial charge in [0.05, 0.1) is 6.61 Å². The van der Waals surface area contributed by atoms with E-state index in [9.17, 15) is 0 Å². The molecule has 2 heteroatoms. The van der Waals surface area contributed by atoms with Crippen LogP contribution in [0.3, 0.4) is 0 Å². The Kier molecular flexibility index (Phi) is 3.23. The van der Waals surface area contributed by atoms with E-state index < -0.39 is 0 Å². The highest BCUT2D eigenvalue weighted by Crippen LogP contribution is 2.36. The largest absolute Gasteiger partial charge is 0.381 e. The first-order valence-corrected chi connectivity index (χ1v) is 5.71. The molecule has 0 aromatic carbocycles. The van der Waals surface area contributed by atoms with Crippen LogP contribution in [0.1, 0.15) is 32.6 Å². The topological polar surface area (TPSA) is 21.3 Å². The molecule has 1 aliphatic carbocycles. The van der Waals surface area contributed by atoms with Gasteiger partial charge in [-0.05, 0) is 31.2 Å². The first-order chi connectivity index (χ1) is 6.40. The Morgan fingerprint density at radius 1 is 1.38 bits per heavy atom. The quantitative estimate of drug-likeness (QED) is 0.702. The molecule has 2 fully saturated rings. The summed E-state index contributed by atoms with van der Waals surface area (Å²) < 4.78 is 5.45. The van der Waals surface area contributed by atoms with Crippen LogP contribution in [0.5, 0.6) is 0 Å². The van der Waals surface area contributed by atoms with Crippen LogP contribution in [0, 0.1) is 11.8 Å². The number of ether oxygens (including phenoxy) is 1. The number of hydrogen-bond acceptors (Lipinski definition) is 2. The molecule has 0 bridgehead atoms. The van der Waals surface area contributed by atoms with E-state index in [1.807, 2.05) is 0 Å². The fourth-order valence-electron chi connectivity index (χ4n) is 2.29. The monoisotopic (exact) mass is 183 g/mol. The van der Waals surface area contributed by atoms with Crippen LogP contribution in [-0.4, -0.2) is 25.8 Å². The zero-order valence-corrected chi connectivity index (χ0v) is 8.59. The summed E-state index contributed by atoms with van der Waals surface area (Å²) in [4.78, 5) is 0. The maximum atomic E-state index is 5.45. The van der Waals surface area contributed by atoms with Crippen molar-refractivity contribution in [2.45, 2.75) is 38.6 Å². The van der Waals surface area contributed by atoms with Gasteiger partial charge in [0.1, 0.15) is 0 Å². The van der Waals surface area contributed by atoms with Crippen molar-refractivity contribution in [1.82, 2.24) is 5.32 Å². The van der Waals surface area contributed by atoms with Crippen LogP contribution >= 0.6 is 0 Å². The molecule has 0 radical (unpaired) electrons. The summed E-state index contributed by atoms with van der Waals surface area (Å²) in [5.74, 6) is 1.82. The normalized spacial score (nSPS) is 30.7. The average molecular weight is 183 g/mol. The summed E-state index contributed by atoms with van der Waals surface area (Å²) in [6.45, 7) is 5.28. The summed E-state index contributed by atoms with van der Waals surface area (Å²) in [7, 11) is 0.